The monoisotopic (exact) mass is 1770 g/mol. The lowest BCUT2D eigenvalue weighted by molar-refractivity contribution is -0.347. The number of halogens is 2. The molecule has 0 saturated carbocycles. The molecule has 4 aliphatic heterocycles. The molecule has 35 heteroatoms. The minimum atomic E-state index is -2.27. The van der Waals surface area contributed by atoms with E-state index in [0.29, 0.717) is 0 Å². The van der Waals surface area contributed by atoms with Crippen LogP contribution in [-0.4, -0.2) is 244 Å². The van der Waals surface area contributed by atoms with Gasteiger partial charge in [-0.15, -0.1) is 29.8 Å². The highest BCUT2D eigenvalue weighted by atomic mass is 35.5. The molecule has 12 rings (SSSR count). The number of aliphatic hydroxyl groups is 1. The van der Waals surface area contributed by atoms with Crippen LogP contribution < -0.4 is 0 Å². The molecule has 8 aromatic rings. The molecule has 8 aromatic carbocycles. The molecule has 4 heterocycles. The Labute approximate surface area is 729 Å². The average molecular weight is 1780 g/mol. The van der Waals surface area contributed by atoms with Crippen LogP contribution in [0.2, 0.25) is 0 Å². The first-order valence-corrected chi connectivity index (χ1v) is 40.4. The van der Waals surface area contributed by atoms with Crippen LogP contribution >= 0.6 is 23.2 Å². The van der Waals surface area contributed by atoms with Crippen molar-refractivity contribution < 1.29 is 157 Å². The Morgan fingerprint density at radius 1 is 0.286 bits per heavy atom. The molecule has 126 heavy (non-hydrogen) atoms. The zero-order valence-electron chi connectivity index (χ0n) is 67.1. The van der Waals surface area contributed by atoms with E-state index < -0.39 is 233 Å². The molecule has 20 atom stereocenters. The summed E-state index contributed by atoms with van der Waals surface area (Å²) in [6.45, 7) is 1.41. The molecular weight excluding hydrogens is 1690 g/mol. The van der Waals surface area contributed by atoms with Crippen molar-refractivity contribution in [2.75, 3.05) is 44.8 Å². The standard InChI is InChI=1S/C91H84Cl2O33/c1-4-45-107-88-76(118-66(96)46-92)72(123-84(103)58-37-21-9-22-38-58)68(98)62(114-88)48-109-89-77(112-52(2)94)74(125-86(105)60-41-25-11-26-42-60)70(121-82(101)56-33-17-7-18-34-56)64(116-89)51-111-91-79(119-67(97)47-93)75(126-87(106)61-43-27-12-28-44-61)71(122-83(102)57-35-19-8-20-36-57)65(117-91)50-110-90-78(113-53(3)95)73(124-85(104)59-39-23-10-24-40-59)69(120-81(100)55-31-15-6-16-32-55)63(115-90)49-108-80(99)54-29-13-5-14-30-54/h4-44,62-65,68-79,88-91,98H,1,45-51H2,2-3H3/t62-,63-,64-,65-,68-,69-,70-,71-,72+,73+,74+,75+,76+,77+,78+,79+,88+,89+,90+,91+/m1/s1. The molecule has 1 N–H and O–H groups in total. The Bertz CT molecular complexity index is 5010. The molecule has 0 amide bonds. The molecular formula is C91H84Cl2O33. The Kier molecular flexibility index (Phi) is 33.3. The predicted octanol–water partition coefficient (Wildman–Crippen LogP) is 9.10. The number of hydrogen-bond acceptors (Lipinski definition) is 33. The van der Waals surface area contributed by atoms with Gasteiger partial charge in [0, 0.05) is 13.8 Å². The van der Waals surface area contributed by atoms with Crippen molar-refractivity contribution in [1.29, 1.82) is 0 Å². The van der Waals surface area contributed by atoms with Gasteiger partial charge in [0.05, 0.1) is 70.9 Å². The predicted molar refractivity (Wildman–Crippen MR) is 433 cm³/mol. The van der Waals surface area contributed by atoms with Crippen molar-refractivity contribution in [3.8, 4) is 0 Å². The fourth-order valence-corrected chi connectivity index (χ4v) is 13.9. The van der Waals surface area contributed by atoms with Crippen LogP contribution in [0.25, 0.3) is 0 Å². The van der Waals surface area contributed by atoms with Crippen LogP contribution in [0.1, 0.15) is 96.7 Å². The molecule has 0 unspecified atom stereocenters. The van der Waals surface area contributed by atoms with E-state index in [1.165, 1.54) is 188 Å². The second-order valence-electron chi connectivity index (χ2n) is 28.2. The number of carbonyl (C=O) groups excluding carboxylic acids is 12. The maximum Gasteiger partial charge on any atom is 0.338 e. The molecule has 33 nitrogen and oxygen atoms in total. The summed E-state index contributed by atoms with van der Waals surface area (Å²) in [5, 5.41) is 12.4. The van der Waals surface area contributed by atoms with Gasteiger partial charge in [0.1, 0.15) is 48.9 Å². The molecule has 0 bridgehead atoms. The van der Waals surface area contributed by atoms with Gasteiger partial charge in [0.15, 0.2) is 92.3 Å². The van der Waals surface area contributed by atoms with Crippen LogP contribution in [-0.2, 0) is 114 Å². The van der Waals surface area contributed by atoms with Crippen molar-refractivity contribution in [1.82, 2.24) is 0 Å². The number of alkyl halides is 2. The van der Waals surface area contributed by atoms with E-state index in [1.807, 2.05) is 0 Å². The number of aliphatic hydroxyl groups excluding tert-OH is 1. The minimum Gasteiger partial charge on any atom is -0.459 e. The highest BCUT2D eigenvalue weighted by molar-refractivity contribution is 6.26. The third-order valence-electron chi connectivity index (χ3n) is 19.6. The van der Waals surface area contributed by atoms with Crippen molar-refractivity contribution in [2.45, 2.75) is 137 Å². The number of carbonyl (C=O) groups is 12. The SMILES string of the molecule is C=CCO[C@H]1O[C@H](CO[C@H]2O[C@H](CO[C@H]3O[C@H](CO[C@H]4O[C@H](COC(=O)c5ccccc5)[C@@H](OC(=O)c5ccccc5)[C@H](OC(=O)c5ccccc5)[C@@H]4OC(C)=O)[C@@H](OC(=O)c4ccccc4)[C@H](OC(=O)c4ccccc4)[C@@H]3OC(=O)CCl)[C@@H](OC(=O)c3ccccc3)[C@H](OC(=O)c3ccccc3)[C@@H]2OC(C)=O)[C@@H](O)[C@H](OC(=O)c2ccccc2)[C@@H]1OC(=O)CCl. The maximum absolute atomic E-state index is 15.0. The first-order chi connectivity index (χ1) is 61.1. The lowest BCUT2D eigenvalue weighted by Gasteiger charge is -2.47. The van der Waals surface area contributed by atoms with Gasteiger partial charge in [0.25, 0.3) is 0 Å². The summed E-state index contributed by atoms with van der Waals surface area (Å²) in [6, 6.07) is 59.2. The van der Waals surface area contributed by atoms with Crippen LogP contribution in [0.4, 0.5) is 0 Å². The molecule has 0 aliphatic carbocycles. The summed E-state index contributed by atoms with van der Waals surface area (Å²) < 4.78 is 126. The first kappa shape index (κ1) is 92.5. The van der Waals surface area contributed by atoms with E-state index in [2.05, 4.69) is 6.58 Å². The topological polar surface area (TPSA) is 410 Å². The minimum absolute atomic E-state index is 0.0139. The van der Waals surface area contributed by atoms with Crippen LogP contribution in [0, 0.1) is 0 Å². The second kappa shape index (κ2) is 45.3. The lowest BCUT2D eigenvalue weighted by atomic mass is 9.96. The molecule has 4 fully saturated rings. The Balaban J connectivity index is 0.972. The van der Waals surface area contributed by atoms with Gasteiger partial charge in [-0.2, -0.15) is 0 Å². The number of benzene rings is 8. The summed E-state index contributed by atoms with van der Waals surface area (Å²) in [6.07, 6.45) is -38.7. The Hall–Kier alpha value is -12.6. The summed E-state index contributed by atoms with van der Waals surface area (Å²) in [5.74, 6) is -14.8. The largest absolute Gasteiger partial charge is 0.459 e. The summed E-state index contributed by atoms with van der Waals surface area (Å²) in [4.78, 5) is 171. The molecule has 660 valence electrons. The summed E-state index contributed by atoms with van der Waals surface area (Å²) in [5.41, 5.74) is -0.561. The normalized spacial score (nSPS) is 25.5. The quantitative estimate of drug-likeness (QED) is 0.0167. The Morgan fingerprint density at radius 2 is 0.508 bits per heavy atom. The fraction of sp³-hybridized carbons (Fsp3) is 0.319. The summed E-state index contributed by atoms with van der Waals surface area (Å²) >= 11 is 12.2. The summed E-state index contributed by atoms with van der Waals surface area (Å²) in [7, 11) is 0. The van der Waals surface area contributed by atoms with Gasteiger partial charge < -0.3 is 99.8 Å². The molecule has 4 aliphatic rings. The highest BCUT2D eigenvalue weighted by Crippen LogP contribution is 2.39. The van der Waals surface area contributed by atoms with Crippen molar-refractivity contribution in [2.24, 2.45) is 0 Å². The number of esters is 12. The zero-order chi connectivity index (χ0) is 89.2. The van der Waals surface area contributed by atoms with E-state index in [1.54, 1.807) is 60.7 Å². The lowest BCUT2D eigenvalue weighted by Crippen LogP contribution is -2.66. The molecule has 0 aromatic heterocycles. The van der Waals surface area contributed by atoms with Crippen molar-refractivity contribution in [3.05, 3.63) is 300 Å². The van der Waals surface area contributed by atoms with E-state index >= 15 is 0 Å². The van der Waals surface area contributed by atoms with E-state index in [0.717, 1.165) is 13.8 Å². The average Bonchev–Trinajstić information content (AvgIpc) is 0.780. The second-order valence-corrected chi connectivity index (χ2v) is 28.8. The van der Waals surface area contributed by atoms with Gasteiger partial charge >= 0.3 is 71.6 Å². The smallest absolute Gasteiger partial charge is 0.338 e. The van der Waals surface area contributed by atoms with Gasteiger partial charge in [-0.3, -0.25) is 19.2 Å². The third-order valence-corrected chi connectivity index (χ3v) is 20.0. The number of rotatable bonds is 35. The molecule has 4 saturated heterocycles. The van der Waals surface area contributed by atoms with E-state index in [-0.39, 0.29) is 51.1 Å². The van der Waals surface area contributed by atoms with Crippen LogP contribution in [0.5, 0.6) is 0 Å². The molecule has 0 radical (unpaired) electrons. The number of ether oxygens (including phenoxy) is 20. The third kappa shape index (κ3) is 24.5. The van der Waals surface area contributed by atoms with Crippen molar-refractivity contribution in [3.63, 3.8) is 0 Å². The fourth-order valence-electron chi connectivity index (χ4n) is 13.7. The first-order valence-electron chi connectivity index (χ1n) is 39.3. The van der Waals surface area contributed by atoms with Crippen molar-refractivity contribution >= 4 is 94.8 Å². The van der Waals surface area contributed by atoms with Crippen LogP contribution in [0.3, 0.4) is 0 Å². The van der Waals surface area contributed by atoms with Gasteiger partial charge in [-0.25, -0.2) is 38.4 Å². The maximum atomic E-state index is 15.0. The number of hydrogen-bond donors (Lipinski definition) is 1. The van der Waals surface area contributed by atoms with E-state index in [9.17, 15) is 62.6 Å². The van der Waals surface area contributed by atoms with Gasteiger partial charge in [-0.1, -0.05) is 152 Å². The van der Waals surface area contributed by atoms with Crippen LogP contribution in [0.15, 0.2) is 255 Å². The van der Waals surface area contributed by atoms with Gasteiger partial charge in [-0.05, 0) is 97.1 Å². The van der Waals surface area contributed by atoms with Gasteiger partial charge in [0.2, 0.25) is 0 Å². The zero-order valence-corrected chi connectivity index (χ0v) is 68.7. The highest BCUT2D eigenvalue weighted by Gasteiger charge is 2.60. The van der Waals surface area contributed by atoms with E-state index in [4.69, 9.17) is 118 Å². The molecule has 0 spiro atoms. The Morgan fingerprint density at radius 3 is 0.778 bits per heavy atom.